The number of anilines is 2. The molecule has 0 spiro atoms. The van der Waals surface area contributed by atoms with Gasteiger partial charge in [0, 0.05) is 11.7 Å². The average molecular weight is 765 g/mol. The van der Waals surface area contributed by atoms with E-state index in [1.165, 1.54) is 43.2 Å². The first-order chi connectivity index (χ1) is 26.8. The molecule has 3 aromatic rings. The Kier molecular flexibility index (Phi) is 8.37. The average Bonchev–Trinajstić information content (AvgIpc) is 3.91. The highest BCUT2D eigenvalue weighted by molar-refractivity contribution is 6.26. The zero-order chi connectivity index (χ0) is 40.0. The molecule has 16 heteroatoms. The van der Waals surface area contributed by atoms with Crippen LogP contribution in [0.1, 0.15) is 38.8 Å². The number of ether oxygens (including phenoxy) is 4. The van der Waals surface area contributed by atoms with Crippen LogP contribution in [-0.4, -0.2) is 104 Å². The molecule has 288 valence electrons. The summed E-state index contributed by atoms with van der Waals surface area (Å²) in [6.07, 6.45) is -0.150. The fourth-order valence-electron chi connectivity index (χ4n) is 9.32. The van der Waals surface area contributed by atoms with Gasteiger partial charge in [-0.05, 0) is 79.4 Å². The summed E-state index contributed by atoms with van der Waals surface area (Å²) < 4.78 is 20.4. The number of esters is 3. The molecule has 0 bridgehead atoms. The lowest BCUT2D eigenvalue weighted by atomic mass is 9.76. The minimum absolute atomic E-state index is 0.0301. The Morgan fingerprint density at radius 3 is 1.82 bits per heavy atom. The van der Waals surface area contributed by atoms with Crippen molar-refractivity contribution in [3.8, 4) is 5.75 Å². The number of imide groups is 2. The molecule has 0 saturated carbocycles. The van der Waals surface area contributed by atoms with E-state index in [9.17, 15) is 38.4 Å². The highest BCUT2D eigenvalue weighted by Crippen LogP contribution is 2.50. The zero-order valence-corrected chi connectivity index (χ0v) is 30.9. The van der Waals surface area contributed by atoms with Crippen molar-refractivity contribution in [2.45, 2.75) is 43.4 Å². The molecule has 8 rings (SSSR count). The second-order valence-electron chi connectivity index (χ2n) is 14.6. The number of amides is 5. The van der Waals surface area contributed by atoms with Crippen LogP contribution >= 0.6 is 0 Å². The number of fused-ring (bicyclic) bond motifs is 3. The minimum Gasteiger partial charge on any atom is -0.497 e. The topological polar surface area (TPSA) is 195 Å². The van der Waals surface area contributed by atoms with E-state index in [4.69, 9.17) is 18.9 Å². The Morgan fingerprint density at radius 2 is 1.25 bits per heavy atom. The van der Waals surface area contributed by atoms with Crippen molar-refractivity contribution in [2.24, 2.45) is 17.3 Å². The van der Waals surface area contributed by atoms with Crippen LogP contribution in [-0.2, 0) is 55.8 Å². The Hall–Kier alpha value is -6.42. The molecule has 3 aromatic carbocycles. The summed E-state index contributed by atoms with van der Waals surface area (Å²) in [6, 6.07) is 13.5. The van der Waals surface area contributed by atoms with E-state index in [0.717, 1.165) is 31.1 Å². The largest absolute Gasteiger partial charge is 0.497 e. The molecule has 4 heterocycles. The number of methoxy groups -OCH3 is 4. The van der Waals surface area contributed by atoms with Crippen molar-refractivity contribution in [1.29, 1.82) is 0 Å². The first-order valence-corrected chi connectivity index (χ1v) is 17.7. The number of hydrogen-bond donors (Lipinski definition) is 1. The van der Waals surface area contributed by atoms with Gasteiger partial charge >= 0.3 is 17.9 Å². The molecule has 1 aliphatic carbocycles. The van der Waals surface area contributed by atoms with Crippen LogP contribution in [0.4, 0.5) is 11.4 Å². The van der Waals surface area contributed by atoms with Crippen molar-refractivity contribution in [1.82, 2.24) is 10.2 Å². The van der Waals surface area contributed by atoms with Crippen molar-refractivity contribution in [3.05, 3.63) is 89.0 Å². The van der Waals surface area contributed by atoms with Gasteiger partial charge in [0.15, 0.2) is 5.41 Å². The fourth-order valence-corrected chi connectivity index (χ4v) is 9.32. The summed E-state index contributed by atoms with van der Waals surface area (Å²) in [5, 5.41) is 3.18. The molecule has 0 radical (unpaired) electrons. The second-order valence-corrected chi connectivity index (χ2v) is 14.6. The van der Waals surface area contributed by atoms with Crippen LogP contribution in [0.15, 0.2) is 66.7 Å². The first kappa shape index (κ1) is 36.6. The van der Waals surface area contributed by atoms with Crippen LogP contribution < -0.4 is 19.9 Å². The number of rotatable bonds is 8. The zero-order valence-electron chi connectivity index (χ0n) is 30.9. The van der Waals surface area contributed by atoms with Gasteiger partial charge in [0.1, 0.15) is 17.3 Å². The molecule has 5 amide bonds. The van der Waals surface area contributed by atoms with Crippen LogP contribution in [0.25, 0.3) is 0 Å². The summed E-state index contributed by atoms with van der Waals surface area (Å²) in [7, 11) is 4.94. The van der Waals surface area contributed by atoms with Gasteiger partial charge in [-0.1, -0.05) is 18.2 Å². The van der Waals surface area contributed by atoms with Crippen molar-refractivity contribution in [2.75, 3.05) is 38.2 Å². The summed E-state index contributed by atoms with van der Waals surface area (Å²) >= 11 is 0. The number of nitrogens with zero attached hydrogens (tertiary/aromatic N) is 3. The smallest absolute Gasteiger partial charge is 0.326 e. The summed E-state index contributed by atoms with van der Waals surface area (Å²) in [5.41, 5.74) is -1.67. The summed E-state index contributed by atoms with van der Waals surface area (Å²) in [4.78, 5) is 114. The van der Waals surface area contributed by atoms with E-state index >= 15 is 0 Å². The number of benzene rings is 3. The molecular weight excluding hydrogens is 728 g/mol. The molecule has 0 unspecified atom stereocenters. The third kappa shape index (κ3) is 4.80. The molecule has 5 aliphatic rings. The molecular formula is C40H36N4O12. The summed E-state index contributed by atoms with van der Waals surface area (Å²) in [5.74, 6) is -8.09. The van der Waals surface area contributed by atoms with E-state index in [1.807, 2.05) is 0 Å². The molecule has 16 nitrogen and oxygen atoms in total. The standard InChI is InChI=1S/C40H36N4O12/c1-39(36(50)54-3)27-26(33(47)43(34(27)48)22-11-10-19-17-40(37(51)55-4,38(52)56-5)18-20(19)16-22)28(41-39)29-30(35(49)42(29)21-12-14-23(53-2)15-13-21)44-31(45)24-8-6-7-9-25(24)32(44)46/h6-16,26-30,41H,17-18H2,1-5H3/t26-,27-,28-,29+,30-,39+/m1/s1. The first-order valence-electron chi connectivity index (χ1n) is 17.7. The van der Waals surface area contributed by atoms with Crippen LogP contribution in [0.3, 0.4) is 0 Å². The van der Waals surface area contributed by atoms with Crippen LogP contribution in [0.2, 0.25) is 0 Å². The third-order valence-corrected chi connectivity index (χ3v) is 12.0. The van der Waals surface area contributed by atoms with Gasteiger partial charge < -0.3 is 23.8 Å². The molecule has 6 atom stereocenters. The van der Waals surface area contributed by atoms with Gasteiger partial charge in [0.25, 0.3) is 17.7 Å². The van der Waals surface area contributed by atoms with Gasteiger partial charge in [-0.15, -0.1) is 0 Å². The molecule has 0 aromatic heterocycles. The number of carbonyl (C=O) groups excluding carboxylic acids is 8. The Balaban J connectivity index is 1.22. The normalized spacial score (nSPS) is 27.1. The van der Waals surface area contributed by atoms with Crippen LogP contribution in [0, 0.1) is 17.3 Å². The minimum atomic E-state index is -1.82. The number of carbonyl (C=O) groups is 8. The second kappa shape index (κ2) is 12.8. The Labute approximate surface area is 319 Å². The van der Waals surface area contributed by atoms with E-state index in [2.05, 4.69) is 5.32 Å². The molecule has 3 fully saturated rings. The quantitative estimate of drug-likeness (QED) is 0.113. The number of nitrogens with one attached hydrogen (secondary N) is 1. The Bertz CT molecular complexity index is 2240. The molecule has 1 N–H and O–H groups in total. The fraction of sp³-hybridized carbons (Fsp3) is 0.350. The van der Waals surface area contributed by atoms with Crippen molar-refractivity contribution in [3.63, 3.8) is 0 Å². The van der Waals surface area contributed by atoms with E-state index < -0.39 is 88.4 Å². The van der Waals surface area contributed by atoms with Gasteiger partial charge in [-0.3, -0.25) is 48.6 Å². The van der Waals surface area contributed by atoms with Crippen molar-refractivity contribution < 1.29 is 57.3 Å². The number of β-lactam (4-membered cyclic amide) rings is 1. The summed E-state index contributed by atoms with van der Waals surface area (Å²) in [6.45, 7) is 1.43. The lowest BCUT2D eigenvalue weighted by Gasteiger charge is -2.52. The van der Waals surface area contributed by atoms with Crippen LogP contribution in [0.5, 0.6) is 5.75 Å². The lowest BCUT2D eigenvalue weighted by molar-refractivity contribution is -0.168. The maximum Gasteiger partial charge on any atom is 0.326 e. The van der Waals surface area contributed by atoms with Crippen molar-refractivity contribution >= 4 is 58.8 Å². The van der Waals surface area contributed by atoms with Gasteiger partial charge in [-0.25, -0.2) is 4.90 Å². The van der Waals surface area contributed by atoms with E-state index in [0.29, 0.717) is 22.6 Å². The van der Waals surface area contributed by atoms with Gasteiger partial charge in [0.05, 0.1) is 63.1 Å². The maximum absolute atomic E-state index is 14.8. The van der Waals surface area contributed by atoms with Gasteiger partial charge in [0.2, 0.25) is 11.8 Å². The van der Waals surface area contributed by atoms with E-state index in [-0.39, 0.29) is 29.7 Å². The molecule has 4 aliphatic heterocycles. The Morgan fingerprint density at radius 1 is 0.679 bits per heavy atom. The third-order valence-electron chi connectivity index (χ3n) is 12.0. The predicted octanol–water partition coefficient (Wildman–Crippen LogP) is 1.22. The number of hydrogen-bond acceptors (Lipinski definition) is 13. The lowest BCUT2D eigenvalue weighted by Crippen LogP contribution is -2.78. The highest BCUT2D eigenvalue weighted by atomic mass is 16.5. The maximum atomic E-state index is 14.8. The predicted molar refractivity (Wildman–Crippen MR) is 192 cm³/mol. The highest BCUT2D eigenvalue weighted by Gasteiger charge is 2.72. The molecule has 3 saturated heterocycles. The van der Waals surface area contributed by atoms with E-state index in [1.54, 1.807) is 42.5 Å². The SMILES string of the molecule is COC(=O)C1(C(=O)OC)Cc2ccc(N3C(=O)[C@H]4[C@H]([C@H]5[C@@H](N6C(=O)c7ccccc7C6=O)C(=O)N5c5ccc(OC)cc5)N[C@](C)(C(=O)OC)[C@H]4C3=O)cc2C1. The monoisotopic (exact) mass is 764 g/mol. The van der Waals surface area contributed by atoms with Gasteiger partial charge in [-0.2, -0.15) is 0 Å². The molecule has 56 heavy (non-hydrogen) atoms.